The molecule has 0 radical (unpaired) electrons. The van der Waals surface area contributed by atoms with E-state index in [9.17, 15) is 10.2 Å². The molecular weight excluding hydrogens is 248 g/mol. The Morgan fingerprint density at radius 1 is 1.06 bits per heavy atom. The van der Waals surface area contributed by atoms with Crippen molar-refractivity contribution in [2.75, 3.05) is 0 Å². The summed E-state index contributed by atoms with van der Waals surface area (Å²) >= 11 is 5.82. The van der Waals surface area contributed by atoms with E-state index in [2.05, 4.69) is 0 Å². The fraction of sp³-hybridized carbons (Fsp3) is 0.600. The molecule has 2 rings (SSSR count). The lowest BCUT2D eigenvalue weighted by molar-refractivity contribution is -0.0263. The van der Waals surface area contributed by atoms with Gasteiger partial charge in [-0.15, -0.1) is 0 Å². The predicted molar refractivity (Wildman–Crippen MR) is 73.7 cm³/mol. The van der Waals surface area contributed by atoms with Crippen molar-refractivity contribution < 1.29 is 10.2 Å². The first kappa shape index (κ1) is 13.9. The standard InChI is InChI=1S/C15H21ClO2/c16-13-8-6-11(7-9-13)10-14(17)15(18)12-4-2-1-3-5-12/h6-9,12,14-15,17-18H,1-5,10H2. The Hall–Kier alpha value is -0.570. The zero-order valence-corrected chi connectivity index (χ0v) is 11.3. The van der Waals surface area contributed by atoms with Gasteiger partial charge < -0.3 is 10.2 Å². The molecule has 0 aliphatic heterocycles. The van der Waals surface area contributed by atoms with Crippen molar-refractivity contribution in [2.45, 2.75) is 50.7 Å². The van der Waals surface area contributed by atoms with Crippen LogP contribution < -0.4 is 0 Å². The van der Waals surface area contributed by atoms with E-state index in [1.165, 1.54) is 19.3 Å². The summed E-state index contributed by atoms with van der Waals surface area (Å²) < 4.78 is 0. The van der Waals surface area contributed by atoms with Crippen molar-refractivity contribution in [1.82, 2.24) is 0 Å². The van der Waals surface area contributed by atoms with Gasteiger partial charge in [-0.05, 0) is 36.5 Å². The van der Waals surface area contributed by atoms with E-state index in [1.807, 2.05) is 24.3 Å². The van der Waals surface area contributed by atoms with Crippen molar-refractivity contribution >= 4 is 11.6 Å². The van der Waals surface area contributed by atoms with Crippen molar-refractivity contribution in [3.05, 3.63) is 34.9 Å². The molecule has 0 bridgehead atoms. The Labute approximate surface area is 114 Å². The van der Waals surface area contributed by atoms with Gasteiger partial charge in [0.25, 0.3) is 0 Å². The number of hydrogen-bond donors (Lipinski definition) is 2. The van der Waals surface area contributed by atoms with Crippen LogP contribution in [-0.2, 0) is 6.42 Å². The van der Waals surface area contributed by atoms with Gasteiger partial charge in [-0.1, -0.05) is 43.0 Å². The van der Waals surface area contributed by atoms with Crippen molar-refractivity contribution in [3.63, 3.8) is 0 Å². The van der Waals surface area contributed by atoms with Crippen LogP contribution in [-0.4, -0.2) is 22.4 Å². The highest BCUT2D eigenvalue weighted by atomic mass is 35.5. The number of aliphatic hydroxyl groups excluding tert-OH is 2. The summed E-state index contributed by atoms with van der Waals surface area (Å²) in [6, 6.07) is 7.44. The van der Waals surface area contributed by atoms with Crippen LogP contribution >= 0.6 is 11.6 Å². The van der Waals surface area contributed by atoms with Gasteiger partial charge in [-0.2, -0.15) is 0 Å². The third-order valence-electron chi connectivity index (χ3n) is 3.89. The van der Waals surface area contributed by atoms with Crippen LogP contribution in [0.5, 0.6) is 0 Å². The maximum absolute atomic E-state index is 10.2. The minimum Gasteiger partial charge on any atom is -0.390 e. The summed E-state index contributed by atoms with van der Waals surface area (Å²) in [7, 11) is 0. The Morgan fingerprint density at radius 2 is 1.67 bits per heavy atom. The topological polar surface area (TPSA) is 40.5 Å². The molecule has 1 aliphatic carbocycles. The van der Waals surface area contributed by atoms with E-state index < -0.39 is 12.2 Å². The molecule has 2 nitrogen and oxygen atoms in total. The third-order valence-corrected chi connectivity index (χ3v) is 4.14. The van der Waals surface area contributed by atoms with E-state index in [1.54, 1.807) is 0 Å². The molecule has 2 atom stereocenters. The van der Waals surface area contributed by atoms with Gasteiger partial charge in [-0.25, -0.2) is 0 Å². The number of hydrogen-bond acceptors (Lipinski definition) is 2. The number of rotatable bonds is 4. The van der Waals surface area contributed by atoms with Gasteiger partial charge >= 0.3 is 0 Å². The SMILES string of the molecule is OC(Cc1ccc(Cl)cc1)C(O)C1CCCCC1. The maximum Gasteiger partial charge on any atom is 0.0842 e. The van der Waals surface area contributed by atoms with Gasteiger partial charge in [0.05, 0.1) is 12.2 Å². The zero-order chi connectivity index (χ0) is 13.0. The molecule has 3 heteroatoms. The van der Waals surface area contributed by atoms with Gasteiger partial charge in [-0.3, -0.25) is 0 Å². The molecule has 0 amide bonds. The van der Waals surface area contributed by atoms with Gasteiger partial charge in [0, 0.05) is 11.4 Å². The third kappa shape index (κ3) is 3.71. The molecule has 1 aromatic carbocycles. The normalized spacial score (nSPS) is 20.6. The summed E-state index contributed by atoms with van der Waals surface area (Å²) in [5, 5.41) is 21.0. The molecule has 1 aromatic rings. The molecule has 100 valence electrons. The van der Waals surface area contributed by atoms with Crippen molar-refractivity contribution in [1.29, 1.82) is 0 Å². The van der Waals surface area contributed by atoms with E-state index in [0.717, 1.165) is 18.4 Å². The summed E-state index contributed by atoms with van der Waals surface area (Å²) in [5.41, 5.74) is 1.02. The van der Waals surface area contributed by atoms with Crippen LogP contribution in [0.25, 0.3) is 0 Å². The number of benzene rings is 1. The molecular formula is C15H21ClO2. The molecule has 2 N–H and O–H groups in total. The molecule has 1 aliphatic rings. The Balaban J connectivity index is 1.89. The van der Waals surface area contributed by atoms with E-state index in [4.69, 9.17) is 11.6 Å². The van der Waals surface area contributed by atoms with Crippen LogP contribution in [0.2, 0.25) is 5.02 Å². The second-order valence-electron chi connectivity index (χ2n) is 5.29. The first-order valence-corrected chi connectivity index (χ1v) is 7.15. The minimum absolute atomic E-state index is 0.265. The number of halogens is 1. The highest BCUT2D eigenvalue weighted by molar-refractivity contribution is 6.30. The largest absolute Gasteiger partial charge is 0.390 e. The quantitative estimate of drug-likeness (QED) is 0.881. The van der Waals surface area contributed by atoms with Crippen LogP contribution in [0, 0.1) is 5.92 Å². The average molecular weight is 269 g/mol. The predicted octanol–water partition coefficient (Wildman–Crippen LogP) is 3.18. The lowest BCUT2D eigenvalue weighted by Gasteiger charge is -2.29. The highest BCUT2D eigenvalue weighted by Gasteiger charge is 2.27. The average Bonchev–Trinajstić information content (AvgIpc) is 2.41. The molecule has 2 unspecified atom stereocenters. The molecule has 1 fully saturated rings. The highest BCUT2D eigenvalue weighted by Crippen LogP contribution is 2.28. The van der Waals surface area contributed by atoms with Gasteiger partial charge in [0.1, 0.15) is 0 Å². The Bertz CT molecular complexity index is 357. The van der Waals surface area contributed by atoms with Crippen LogP contribution in [0.1, 0.15) is 37.7 Å². The van der Waals surface area contributed by atoms with E-state index in [0.29, 0.717) is 11.4 Å². The van der Waals surface area contributed by atoms with Crippen molar-refractivity contribution in [3.8, 4) is 0 Å². The zero-order valence-electron chi connectivity index (χ0n) is 10.6. The lowest BCUT2D eigenvalue weighted by Crippen LogP contribution is -2.36. The molecule has 0 spiro atoms. The second-order valence-corrected chi connectivity index (χ2v) is 5.72. The van der Waals surface area contributed by atoms with Crippen molar-refractivity contribution in [2.24, 2.45) is 5.92 Å². The molecule has 0 heterocycles. The summed E-state index contributed by atoms with van der Waals surface area (Å²) in [5.74, 6) is 0.265. The smallest absolute Gasteiger partial charge is 0.0842 e. The van der Waals surface area contributed by atoms with Crippen LogP contribution in [0.4, 0.5) is 0 Å². The number of aliphatic hydroxyl groups is 2. The summed E-state index contributed by atoms with van der Waals surface area (Å²) in [6.07, 6.45) is 4.92. The second kappa shape index (κ2) is 6.55. The summed E-state index contributed by atoms with van der Waals surface area (Å²) in [6.45, 7) is 0. The molecule has 1 saturated carbocycles. The first-order valence-electron chi connectivity index (χ1n) is 6.77. The first-order chi connectivity index (χ1) is 8.66. The van der Waals surface area contributed by atoms with Gasteiger partial charge in [0.15, 0.2) is 0 Å². The molecule has 0 saturated heterocycles. The fourth-order valence-corrected chi connectivity index (χ4v) is 2.90. The van der Waals surface area contributed by atoms with Gasteiger partial charge in [0.2, 0.25) is 0 Å². The minimum atomic E-state index is -0.672. The van der Waals surface area contributed by atoms with E-state index in [-0.39, 0.29) is 5.92 Å². The van der Waals surface area contributed by atoms with Crippen LogP contribution in [0.15, 0.2) is 24.3 Å². The Kier molecular flexibility index (Phi) is 5.04. The fourth-order valence-electron chi connectivity index (χ4n) is 2.77. The molecule has 18 heavy (non-hydrogen) atoms. The maximum atomic E-state index is 10.2. The Morgan fingerprint density at radius 3 is 2.28 bits per heavy atom. The molecule has 0 aromatic heterocycles. The lowest BCUT2D eigenvalue weighted by atomic mass is 9.82. The van der Waals surface area contributed by atoms with Crippen LogP contribution in [0.3, 0.4) is 0 Å². The summed E-state index contributed by atoms with van der Waals surface area (Å²) in [4.78, 5) is 0. The monoisotopic (exact) mass is 268 g/mol. The van der Waals surface area contributed by atoms with E-state index >= 15 is 0 Å².